The standard InChI is InChI=1S/C25H29N5O2/c1-17-22(18(2)30(28-17)14-19-8-4-3-5-9-19)13-27-24(31)16-29-15-21-11-7-6-10-20(21)12-23(29)25(26)32/h3-11,23H,12-16H2,1-2H3,(H2,26,32)(H,27,31)/t23-/m1/s1. The summed E-state index contributed by atoms with van der Waals surface area (Å²) in [6.07, 6.45) is 0.531. The summed E-state index contributed by atoms with van der Waals surface area (Å²) in [5.41, 5.74) is 12.0. The molecule has 0 saturated heterocycles. The summed E-state index contributed by atoms with van der Waals surface area (Å²) in [5, 5.41) is 7.66. The molecule has 1 aromatic heterocycles. The Balaban J connectivity index is 1.40. The molecule has 166 valence electrons. The Morgan fingerprint density at radius 3 is 2.47 bits per heavy atom. The summed E-state index contributed by atoms with van der Waals surface area (Å²) in [6, 6.07) is 17.7. The minimum atomic E-state index is -0.479. The Morgan fingerprint density at radius 1 is 1.06 bits per heavy atom. The van der Waals surface area contributed by atoms with Crippen LogP contribution in [-0.4, -0.2) is 39.1 Å². The van der Waals surface area contributed by atoms with Crippen molar-refractivity contribution in [1.82, 2.24) is 20.0 Å². The van der Waals surface area contributed by atoms with Gasteiger partial charge in [0.05, 0.1) is 24.8 Å². The zero-order valence-electron chi connectivity index (χ0n) is 18.5. The van der Waals surface area contributed by atoms with Crippen LogP contribution < -0.4 is 11.1 Å². The third kappa shape index (κ3) is 4.73. The van der Waals surface area contributed by atoms with Crippen molar-refractivity contribution in [3.8, 4) is 0 Å². The highest BCUT2D eigenvalue weighted by molar-refractivity contribution is 5.83. The van der Waals surface area contributed by atoms with E-state index in [1.807, 2.05) is 65.9 Å². The summed E-state index contributed by atoms with van der Waals surface area (Å²) in [6.45, 7) is 5.73. The molecule has 1 aliphatic rings. The first-order valence-electron chi connectivity index (χ1n) is 10.9. The second-order valence-corrected chi connectivity index (χ2v) is 8.37. The van der Waals surface area contributed by atoms with E-state index in [1.54, 1.807) is 0 Å². The number of rotatable bonds is 7. The maximum absolute atomic E-state index is 12.8. The van der Waals surface area contributed by atoms with Gasteiger partial charge in [0.15, 0.2) is 0 Å². The molecule has 0 unspecified atom stereocenters. The third-order valence-corrected chi connectivity index (χ3v) is 6.19. The van der Waals surface area contributed by atoms with Gasteiger partial charge in [-0.05, 0) is 37.0 Å². The van der Waals surface area contributed by atoms with Gasteiger partial charge < -0.3 is 11.1 Å². The van der Waals surface area contributed by atoms with Gasteiger partial charge in [-0.15, -0.1) is 0 Å². The van der Waals surface area contributed by atoms with Crippen molar-refractivity contribution in [2.45, 2.75) is 45.9 Å². The minimum absolute atomic E-state index is 0.123. The number of aromatic nitrogens is 2. The normalized spacial score (nSPS) is 15.9. The van der Waals surface area contributed by atoms with E-state index in [-0.39, 0.29) is 12.5 Å². The van der Waals surface area contributed by atoms with Crippen molar-refractivity contribution in [1.29, 1.82) is 0 Å². The SMILES string of the molecule is Cc1nn(Cc2ccccc2)c(C)c1CNC(=O)CN1Cc2ccccc2C[C@@H]1C(N)=O. The zero-order valence-corrected chi connectivity index (χ0v) is 18.5. The molecule has 3 aromatic rings. The Hall–Kier alpha value is -3.45. The van der Waals surface area contributed by atoms with E-state index in [0.29, 0.717) is 26.1 Å². The van der Waals surface area contributed by atoms with Crippen LogP contribution in [0.25, 0.3) is 0 Å². The van der Waals surface area contributed by atoms with Gasteiger partial charge in [-0.1, -0.05) is 54.6 Å². The molecule has 0 fully saturated rings. The number of carbonyl (C=O) groups is 2. The molecule has 0 aliphatic carbocycles. The summed E-state index contributed by atoms with van der Waals surface area (Å²) < 4.78 is 1.97. The van der Waals surface area contributed by atoms with Crippen LogP contribution in [0.1, 0.15) is 33.6 Å². The molecule has 0 spiro atoms. The van der Waals surface area contributed by atoms with Gasteiger partial charge in [-0.25, -0.2) is 0 Å². The first kappa shape index (κ1) is 21.8. The Morgan fingerprint density at radius 2 is 1.75 bits per heavy atom. The maximum Gasteiger partial charge on any atom is 0.235 e. The fraction of sp³-hybridized carbons (Fsp3) is 0.320. The summed E-state index contributed by atoms with van der Waals surface area (Å²) in [5.74, 6) is -0.536. The molecule has 2 aromatic carbocycles. The zero-order chi connectivity index (χ0) is 22.7. The Bertz CT molecular complexity index is 1120. The van der Waals surface area contributed by atoms with Gasteiger partial charge in [0.1, 0.15) is 0 Å². The minimum Gasteiger partial charge on any atom is -0.368 e. The number of nitrogens with two attached hydrogens (primary N) is 1. The van der Waals surface area contributed by atoms with Crippen LogP contribution in [-0.2, 0) is 35.6 Å². The van der Waals surface area contributed by atoms with E-state index < -0.39 is 11.9 Å². The lowest BCUT2D eigenvalue weighted by Crippen LogP contribution is -2.51. The fourth-order valence-electron chi connectivity index (χ4n) is 4.35. The number of benzene rings is 2. The first-order valence-corrected chi connectivity index (χ1v) is 10.9. The van der Waals surface area contributed by atoms with E-state index in [0.717, 1.165) is 28.1 Å². The van der Waals surface area contributed by atoms with Crippen LogP contribution in [0.5, 0.6) is 0 Å². The van der Waals surface area contributed by atoms with Gasteiger partial charge in [-0.2, -0.15) is 5.10 Å². The maximum atomic E-state index is 12.8. The lowest BCUT2D eigenvalue weighted by molar-refractivity contribution is -0.127. The fourth-order valence-corrected chi connectivity index (χ4v) is 4.35. The van der Waals surface area contributed by atoms with Gasteiger partial charge in [0.2, 0.25) is 11.8 Å². The molecule has 7 nitrogen and oxygen atoms in total. The summed E-state index contributed by atoms with van der Waals surface area (Å²) >= 11 is 0. The molecule has 1 aliphatic heterocycles. The Labute approximate surface area is 188 Å². The summed E-state index contributed by atoms with van der Waals surface area (Å²) in [4.78, 5) is 26.6. The molecule has 2 heterocycles. The van der Waals surface area contributed by atoms with Gasteiger partial charge in [-0.3, -0.25) is 19.2 Å². The number of aryl methyl sites for hydroxylation is 1. The molecule has 32 heavy (non-hydrogen) atoms. The van der Waals surface area contributed by atoms with E-state index in [2.05, 4.69) is 22.5 Å². The largest absolute Gasteiger partial charge is 0.368 e. The first-order chi connectivity index (χ1) is 15.4. The van der Waals surface area contributed by atoms with Crippen LogP contribution in [0, 0.1) is 13.8 Å². The smallest absolute Gasteiger partial charge is 0.235 e. The van der Waals surface area contributed by atoms with Gasteiger partial charge in [0.25, 0.3) is 0 Å². The van der Waals surface area contributed by atoms with E-state index in [9.17, 15) is 9.59 Å². The van der Waals surface area contributed by atoms with Crippen molar-refractivity contribution in [2.75, 3.05) is 6.54 Å². The molecule has 7 heteroatoms. The van der Waals surface area contributed by atoms with Crippen LogP contribution in [0.2, 0.25) is 0 Å². The number of fused-ring (bicyclic) bond motifs is 1. The summed E-state index contributed by atoms with van der Waals surface area (Å²) in [7, 11) is 0. The molecule has 0 radical (unpaired) electrons. The van der Waals surface area contributed by atoms with Crippen molar-refractivity contribution < 1.29 is 9.59 Å². The Kier molecular flexibility index (Phi) is 6.37. The average molecular weight is 432 g/mol. The van der Waals surface area contributed by atoms with Crippen LogP contribution in [0.3, 0.4) is 0 Å². The van der Waals surface area contributed by atoms with E-state index in [1.165, 1.54) is 5.56 Å². The quantitative estimate of drug-likeness (QED) is 0.599. The second-order valence-electron chi connectivity index (χ2n) is 8.37. The molecule has 2 amide bonds. The van der Waals surface area contributed by atoms with Gasteiger partial charge in [0, 0.05) is 24.3 Å². The topological polar surface area (TPSA) is 93.2 Å². The number of amides is 2. The van der Waals surface area contributed by atoms with Crippen LogP contribution >= 0.6 is 0 Å². The molecule has 1 atom stereocenters. The number of carbonyl (C=O) groups excluding carboxylic acids is 2. The highest BCUT2D eigenvalue weighted by atomic mass is 16.2. The predicted octanol–water partition coefficient (Wildman–Crippen LogP) is 2.08. The molecule has 4 rings (SSSR count). The van der Waals surface area contributed by atoms with Crippen molar-refractivity contribution in [3.05, 3.63) is 88.2 Å². The lowest BCUT2D eigenvalue weighted by atomic mass is 9.93. The molecule has 0 bridgehead atoms. The van der Waals surface area contributed by atoms with Crippen molar-refractivity contribution >= 4 is 11.8 Å². The lowest BCUT2D eigenvalue weighted by Gasteiger charge is -2.34. The van der Waals surface area contributed by atoms with Gasteiger partial charge >= 0.3 is 0 Å². The molecule has 3 N–H and O–H groups in total. The van der Waals surface area contributed by atoms with E-state index in [4.69, 9.17) is 5.73 Å². The second kappa shape index (κ2) is 9.36. The van der Waals surface area contributed by atoms with E-state index >= 15 is 0 Å². The number of nitrogens with one attached hydrogen (secondary N) is 1. The van der Waals surface area contributed by atoms with Crippen molar-refractivity contribution in [2.24, 2.45) is 5.73 Å². The third-order valence-electron chi connectivity index (χ3n) is 6.19. The molecular weight excluding hydrogens is 402 g/mol. The monoisotopic (exact) mass is 431 g/mol. The number of hydrogen-bond acceptors (Lipinski definition) is 4. The predicted molar refractivity (Wildman–Crippen MR) is 123 cm³/mol. The number of nitrogens with zero attached hydrogens (tertiary/aromatic N) is 3. The highest BCUT2D eigenvalue weighted by Gasteiger charge is 2.31. The number of primary amides is 1. The number of hydrogen-bond donors (Lipinski definition) is 2. The van der Waals surface area contributed by atoms with Crippen molar-refractivity contribution in [3.63, 3.8) is 0 Å². The molecule has 0 saturated carbocycles. The molecular formula is C25H29N5O2. The van der Waals surface area contributed by atoms with Crippen LogP contribution in [0.15, 0.2) is 54.6 Å². The average Bonchev–Trinajstić information content (AvgIpc) is 3.04. The van der Waals surface area contributed by atoms with Crippen LogP contribution in [0.4, 0.5) is 0 Å². The highest BCUT2D eigenvalue weighted by Crippen LogP contribution is 2.23.